The highest BCUT2D eigenvalue weighted by atomic mass is 35.5. The van der Waals surface area contributed by atoms with Crippen molar-refractivity contribution in [3.8, 4) is 0 Å². The van der Waals surface area contributed by atoms with E-state index < -0.39 is 52.7 Å². The van der Waals surface area contributed by atoms with Gasteiger partial charge in [0, 0.05) is 15.5 Å². The Kier molecular flexibility index (Phi) is 6.31. The highest BCUT2D eigenvalue weighted by Crippen LogP contribution is 2.28. The Morgan fingerprint density at radius 3 is 2.39 bits per heavy atom. The average molecular weight is 487 g/mol. The van der Waals surface area contributed by atoms with Gasteiger partial charge in [-0.25, -0.2) is 14.0 Å². The number of imide groups is 1. The summed E-state index contributed by atoms with van der Waals surface area (Å²) in [7, 11) is -4.75. The average Bonchev–Trinajstić information content (AvgIpc) is 3.21. The molecule has 1 aliphatic heterocycles. The third-order valence-electron chi connectivity index (χ3n) is 4.35. The van der Waals surface area contributed by atoms with E-state index in [9.17, 15) is 27.6 Å². The van der Waals surface area contributed by atoms with Gasteiger partial charge in [0.1, 0.15) is 6.04 Å². The third kappa shape index (κ3) is 4.69. The van der Waals surface area contributed by atoms with E-state index in [0.29, 0.717) is 9.92 Å². The number of hydrogen-bond acceptors (Lipinski definition) is 7. The number of benzene rings is 1. The minimum absolute atomic E-state index is 0.0369. The van der Waals surface area contributed by atoms with Crippen LogP contribution in [0.3, 0.4) is 0 Å². The van der Waals surface area contributed by atoms with Crippen LogP contribution in [0, 0.1) is 0 Å². The van der Waals surface area contributed by atoms with Gasteiger partial charge in [-0.1, -0.05) is 17.7 Å². The summed E-state index contributed by atoms with van der Waals surface area (Å²) in [6.45, 7) is -0.498. The molecular weight excluding hydrogens is 472 g/mol. The number of halogens is 1. The van der Waals surface area contributed by atoms with Crippen LogP contribution in [-0.4, -0.2) is 58.5 Å². The molecule has 1 saturated heterocycles. The molecule has 11 nitrogen and oxygen atoms in total. The molecule has 1 aromatic heterocycles. The second-order valence-corrected chi connectivity index (χ2v) is 9.10. The van der Waals surface area contributed by atoms with Crippen molar-refractivity contribution in [2.45, 2.75) is 12.1 Å². The maximum Gasteiger partial charge on any atom is 0.362 e. The Balaban J connectivity index is 1.90. The summed E-state index contributed by atoms with van der Waals surface area (Å²) in [5.41, 5.74) is 5.45. The fourth-order valence-electron chi connectivity index (χ4n) is 2.86. The van der Waals surface area contributed by atoms with Gasteiger partial charge in [-0.05, 0) is 35.7 Å². The zero-order valence-corrected chi connectivity index (χ0v) is 17.9. The van der Waals surface area contributed by atoms with Crippen LogP contribution < -0.4 is 11.1 Å². The van der Waals surface area contributed by atoms with Crippen LogP contribution >= 0.6 is 22.9 Å². The smallest absolute Gasteiger partial charge is 0.351 e. The predicted octanol–water partition coefficient (Wildman–Crippen LogP) is 0.794. The van der Waals surface area contributed by atoms with E-state index in [0.717, 1.165) is 11.3 Å². The van der Waals surface area contributed by atoms with E-state index in [1.54, 1.807) is 11.4 Å². The lowest BCUT2D eigenvalue weighted by atomic mass is 10.1. The zero-order chi connectivity index (χ0) is 22.9. The lowest BCUT2D eigenvalue weighted by molar-refractivity contribution is -0.141. The third-order valence-corrected chi connectivity index (χ3v) is 6.42. The monoisotopic (exact) mass is 486 g/mol. The Morgan fingerprint density at radius 1 is 1.26 bits per heavy atom. The van der Waals surface area contributed by atoms with Crippen molar-refractivity contribution >= 4 is 57.0 Å². The number of nitrogens with one attached hydrogen (secondary N) is 1. The van der Waals surface area contributed by atoms with Crippen LogP contribution in [0.2, 0.25) is 5.02 Å². The number of nitrogens with two attached hydrogens (primary N) is 1. The maximum atomic E-state index is 13.0. The van der Waals surface area contributed by atoms with Gasteiger partial charge >= 0.3 is 16.3 Å². The maximum absolute atomic E-state index is 13.0. The summed E-state index contributed by atoms with van der Waals surface area (Å²) in [6, 6.07) is 4.62. The van der Waals surface area contributed by atoms with Gasteiger partial charge in [-0.2, -0.15) is 8.42 Å². The van der Waals surface area contributed by atoms with Crippen molar-refractivity contribution in [3.63, 3.8) is 0 Å². The van der Waals surface area contributed by atoms with E-state index in [2.05, 4.69) is 5.32 Å². The number of rotatable bonds is 6. The van der Waals surface area contributed by atoms with Crippen LogP contribution in [-0.2, 0) is 19.9 Å². The Hall–Kier alpha value is -3.00. The van der Waals surface area contributed by atoms with Gasteiger partial charge in [0.05, 0.1) is 6.54 Å². The molecule has 2 atom stereocenters. The van der Waals surface area contributed by atoms with E-state index >= 15 is 0 Å². The number of carbonyl (C=O) groups excluding carboxylic acids is 4. The number of thiophene rings is 1. The number of urea groups is 1. The molecule has 1 aromatic carbocycles. The number of carbonyl (C=O) groups is 4. The Labute approximate surface area is 185 Å². The van der Waals surface area contributed by atoms with Gasteiger partial charge in [0.25, 0.3) is 11.8 Å². The van der Waals surface area contributed by atoms with E-state index in [1.165, 1.54) is 30.3 Å². The molecule has 5 amide bonds. The van der Waals surface area contributed by atoms with Crippen molar-refractivity contribution in [2.75, 3.05) is 6.54 Å². The van der Waals surface area contributed by atoms with Crippen molar-refractivity contribution in [1.82, 2.24) is 14.5 Å². The van der Waals surface area contributed by atoms with E-state index in [1.807, 2.05) is 0 Å². The second-order valence-electron chi connectivity index (χ2n) is 6.35. The van der Waals surface area contributed by atoms with Crippen LogP contribution in [0.15, 0.2) is 41.8 Å². The van der Waals surface area contributed by atoms with Gasteiger partial charge in [-0.15, -0.1) is 11.3 Å². The van der Waals surface area contributed by atoms with Crippen molar-refractivity contribution in [2.24, 2.45) is 5.73 Å². The molecule has 0 aliphatic carbocycles. The van der Waals surface area contributed by atoms with Gasteiger partial charge in [0.15, 0.2) is 6.04 Å². The first-order valence-electron chi connectivity index (χ1n) is 8.52. The minimum Gasteiger partial charge on any atom is -0.351 e. The molecule has 1 fully saturated rings. The number of nitrogens with zero attached hydrogens (tertiary/aromatic N) is 2. The molecule has 164 valence electrons. The number of β-lactam (4-membered cyclic amide) rings is 1. The standard InChI is InChI=1S/C17H15ClN4O7S2/c18-10-5-3-9(4-6-10)15(24)22(17(19)26)13(12-2-1-7-30-12)14(23)20-11-8-21(16(11)25)31(27,28)29/h1-7,11,13H,8H2,(H2,19,26)(H,20,23)(H,27,28,29). The Bertz CT molecular complexity index is 1140. The summed E-state index contributed by atoms with van der Waals surface area (Å²) in [4.78, 5) is 50.9. The molecule has 0 saturated carbocycles. The molecule has 2 aromatic rings. The fraction of sp³-hybridized carbons (Fsp3) is 0.176. The summed E-state index contributed by atoms with van der Waals surface area (Å²) in [6.07, 6.45) is 0. The molecule has 2 heterocycles. The normalized spacial score (nSPS) is 16.9. The summed E-state index contributed by atoms with van der Waals surface area (Å²) in [5, 5.41) is 4.24. The largest absolute Gasteiger partial charge is 0.362 e. The predicted molar refractivity (Wildman–Crippen MR) is 109 cm³/mol. The molecule has 1 aliphatic rings. The summed E-state index contributed by atoms with van der Waals surface area (Å²) >= 11 is 6.88. The SMILES string of the molecule is NC(=O)N(C(=O)c1ccc(Cl)cc1)C(C(=O)NC1CN(S(=O)(=O)O)C1=O)c1cccs1. The number of amides is 5. The van der Waals surface area contributed by atoms with E-state index in [-0.39, 0.29) is 14.7 Å². The zero-order valence-electron chi connectivity index (χ0n) is 15.5. The molecule has 31 heavy (non-hydrogen) atoms. The van der Waals surface area contributed by atoms with Gasteiger partial charge in [-0.3, -0.25) is 18.9 Å². The van der Waals surface area contributed by atoms with Gasteiger partial charge in [0.2, 0.25) is 5.91 Å². The quantitative estimate of drug-likeness (QED) is 0.400. The number of hydrogen-bond donors (Lipinski definition) is 3. The lowest BCUT2D eigenvalue weighted by Gasteiger charge is -2.36. The molecule has 2 unspecified atom stereocenters. The molecule has 14 heteroatoms. The molecule has 4 N–H and O–H groups in total. The first-order valence-corrected chi connectivity index (χ1v) is 11.2. The first kappa shape index (κ1) is 22.7. The number of primary amides is 1. The highest BCUT2D eigenvalue weighted by Gasteiger charge is 2.46. The molecular formula is C17H15ClN4O7S2. The van der Waals surface area contributed by atoms with Crippen molar-refractivity contribution in [3.05, 3.63) is 57.2 Å². The van der Waals surface area contributed by atoms with Gasteiger partial charge < -0.3 is 11.1 Å². The van der Waals surface area contributed by atoms with Crippen LogP contribution in [0.4, 0.5) is 4.79 Å². The molecule has 0 bridgehead atoms. The van der Waals surface area contributed by atoms with E-state index in [4.69, 9.17) is 21.9 Å². The van der Waals surface area contributed by atoms with Crippen LogP contribution in [0.25, 0.3) is 0 Å². The van der Waals surface area contributed by atoms with Crippen LogP contribution in [0.1, 0.15) is 21.3 Å². The second kappa shape index (κ2) is 8.63. The van der Waals surface area contributed by atoms with Crippen molar-refractivity contribution in [1.29, 1.82) is 0 Å². The summed E-state index contributed by atoms with van der Waals surface area (Å²) in [5.74, 6) is -2.87. The molecule has 0 spiro atoms. The Morgan fingerprint density at radius 2 is 1.90 bits per heavy atom. The highest BCUT2D eigenvalue weighted by molar-refractivity contribution is 7.84. The summed E-state index contributed by atoms with van der Waals surface area (Å²) < 4.78 is 31.3. The molecule has 3 rings (SSSR count). The van der Waals surface area contributed by atoms with Crippen molar-refractivity contribution < 1.29 is 32.1 Å². The topological polar surface area (TPSA) is 167 Å². The molecule has 0 radical (unpaired) electrons. The van der Waals surface area contributed by atoms with Crippen LogP contribution in [0.5, 0.6) is 0 Å². The first-order chi connectivity index (χ1) is 14.5. The fourth-order valence-corrected chi connectivity index (χ4v) is 4.49. The lowest BCUT2D eigenvalue weighted by Crippen LogP contribution is -2.66. The minimum atomic E-state index is -4.75.